The van der Waals surface area contributed by atoms with Crippen molar-refractivity contribution in [1.82, 2.24) is 4.98 Å². The van der Waals surface area contributed by atoms with E-state index in [1.54, 1.807) is 6.20 Å². The van der Waals surface area contributed by atoms with E-state index in [4.69, 9.17) is 11.5 Å². The Morgan fingerprint density at radius 1 is 1.36 bits per heavy atom. The van der Waals surface area contributed by atoms with Gasteiger partial charge in [-0.2, -0.15) is 0 Å². The van der Waals surface area contributed by atoms with Crippen LogP contribution in [0.4, 0.5) is 5.69 Å². The summed E-state index contributed by atoms with van der Waals surface area (Å²) < 4.78 is 0. The number of anilines is 1. The first-order valence-corrected chi connectivity index (χ1v) is 4.67. The van der Waals surface area contributed by atoms with Crippen molar-refractivity contribution < 1.29 is 4.79 Å². The number of nitrogens with two attached hydrogens (primary N) is 2. The van der Waals surface area contributed by atoms with Crippen molar-refractivity contribution in [1.29, 1.82) is 0 Å². The summed E-state index contributed by atoms with van der Waals surface area (Å²) >= 11 is 0. The van der Waals surface area contributed by atoms with Gasteiger partial charge in [0, 0.05) is 12.1 Å². The Morgan fingerprint density at radius 3 is 2.71 bits per heavy atom. The van der Waals surface area contributed by atoms with Crippen LogP contribution in [0.3, 0.4) is 0 Å². The molecule has 4 nitrogen and oxygen atoms in total. The lowest BCUT2D eigenvalue weighted by Gasteiger charge is -2.00. The second-order valence-corrected chi connectivity index (χ2v) is 3.26. The normalized spacial score (nSPS) is 10.0. The molecule has 0 radical (unpaired) electrons. The van der Waals surface area contributed by atoms with Crippen LogP contribution in [0.5, 0.6) is 0 Å². The van der Waals surface area contributed by atoms with E-state index < -0.39 is 0 Å². The molecule has 0 fully saturated rings. The highest BCUT2D eigenvalue weighted by Crippen LogP contribution is 2.06. The van der Waals surface area contributed by atoms with Crippen LogP contribution in [0, 0.1) is 0 Å². The predicted molar refractivity (Wildman–Crippen MR) is 55.4 cm³/mol. The summed E-state index contributed by atoms with van der Waals surface area (Å²) in [6.07, 6.45) is 4.72. The maximum Gasteiger partial charge on any atom is 0.217 e. The summed E-state index contributed by atoms with van der Waals surface area (Å²) in [6.45, 7) is 0. The van der Waals surface area contributed by atoms with Gasteiger partial charge in [0.15, 0.2) is 0 Å². The molecule has 76 valence electrons. The fourth-order valence-electron chi connectivity index (χ4n) is 1.19. The largest absolute Gasteiger partial charge is 0.397 e. The number of rotatable bonds is 5. The van der Waals surface area contributed by atoms with E-state index >= 15 is 0 Å². The van der Waals surface area contributed by atoms with E-state index in [-0.39, 0.29) is 5.91 Å². The standard InChI is InChI=1S/C10H15N3O/c11-8-5-6-9(13-7-8)3-1-2-4-10(12)14/h5-7H,1-4,11H2,(H2,12,14). The number of nitrogen functional groups attached to an aromatic ring is 1. The van der Waals surface area contributed by atoms with Crippen molar-refractivity contribution >= 4 is 11.6 Å². The maximum absolute atomic E-state index is 10.4. The highest BCUT2D eigenvalue weighted by molar-refractivity contribution is 5.73. The summed E-state index contributed by atoms with van der Waals surface area (Å²) in [5.41, 5.74) is 12.2. The first kappa shape index (κ1) is 10.5. The van der Waals surface area contributed by atoms with Gasteiger partial charge < -0.3 is 11.5 Å². The van der Waals surface area contributed by atoms with Crippen LogP contribution in [0.15, 0.2) is 18.3 Å². The Labute approximate surface area is 83.3 Å². The van der Waals surface area contributed by atoms with Gasteiger partial charge in [0.1, 0.15) is 0 Å². The number of aromatic nitrogens is 1. The highest BCUT2D eigenvalue weighted by atomic mass is 16.1. The Bertz CT molecular complexity index is 295. The average molecular weight is 193 g/mol. The molecule has 0 saturated carbocycles. The van der Waals surface area contributed by atoms with E-state index in [0.717, 1.165) is 25.0 Å². The lowest BCUT2D eigenvalue weighted by atomic mass is 10.1. The number of unbranched alkanes of at least 4 members (excludes halogenated alkanes) is 1. The first-order valence-electron chi connectivity index (χ1n) is 4.67. The summed E-state index contributed by atoms with van der Waals surface area (Å²) in [4.78, 5) is 14.6. The van der Waals surface area contributed by atoms with Crippen LogP contribution >= 0.6 is 0 Å². The zero-order valence-corrected chi connectivity index (χ0v) is 8.07. The number of carbonyl (C=O) groups excluding carboxylic acids is 1. The molecule has 0 bridgehead atoms. The number of pyridine rings is 1. The smallest absolute Gasteiger partial charge is 0.217 e. The van der Waals surface area contributed by atoms with Gasteiger partial charge in [-0.1, -0.05) is 0 Å². The monoisotopic (exact) mass is 193 g/mol. The number of carbonyl (C=O) groups is 1. The second kappa shape index (κ2) is 5.21. The molecule has 0 spiro atoms. The summed E-state index contributed by atoms with van der Waals surface area (Å²) in [5, 5.41) is 0. The van der Waals surface area contributed by atoms with Crippen LogP contribution in [-0.4, -0.2) is 10.9 Å². The summed E-state index contributed by atoms with van der Waals surface area (Å²) in [5.74, 6) is -0.240. The van der Waals surface area contributed by atoms with E-state index in [0.29, 0.717) is 12.1 Å². The topological polar surface area (TPSA) is 82.0 Å². The SMILES string of the molecule is NC(=O)CCCCc1ccc(N)cn1. The van der Waals surface area contributed by atoms with Gasteiger partial charge >= 0.3 is 0 Å². The number of hydrogen-bond donors (Lipinski definition) is 2. The second-order valence-electron chi connectivity index (χ2n) is 3.26. The molecule has 4 N–H and O–H groups in total. The first-order chi connectivity index (χ1) is 6.68. The molecule has 0 aliphatic rings. The minimum Gasteiger partial charge on any atom is -0.397 e. The molecule has 0 saturated heterocycles. The molecular formula is C10H15N3O. The molecule has 0 aromatic carbocycles. The number of primary amides is 1. The zero-order valence-electron chi connectivity index (χ0n) is 8.07. The molecule has 1 aromatic heterocycles. The minimum atomic E-state index is -0.240. The summed E-state index contributed by atoms with van der Waals surface area (Å²) in [6, 6.07) is 3.73. The molecule has 14 heavy (non-hydrogen) atoms. The number of amides is 1. The molecule has 0 atom stereocenters. The maximum atomic E-state index is 10.4. The van der Waals surface area contributed by atoms with Crippen LogP contribution < -0.4 is 11.5 Å². The predicted octanol–water partition coefficient (Wildman–Crippen LogP) is 0.862. The van der Waals surface area contributed by atoms with Crippen molar-refractivity contribution in [3.8, 4) is 0 Å². The quantitative estimate of drug-likeness (QED) is 0.680. The Morgan fingerprint density at radius 2 is 2.14 bits per heavy atom. The third kappa shape index (κ3) is 3.89. The molecule has 1 heterocycles. The van der Waals surface area contributed by atoms with Gasteiger partial charge in [-0.05, 0) is 31.4 Å². The molecule has 0 aliphatic heterocycles. The molecule has 1 rings (SSSR count). The van der Waals surface area contributed by atoms with Crippen LogP contribution in [0.1, 0.15) is 25.0 Å². The van der Waals surface area contributed by atoms with Crippen LogP contribution in [0.25, 0.3) is 0 Å². The third-order valence-corrected chi connectivity index (χ3v) is 1.95. The Balaban J connectivity index is 2.25. The fourth-order valence-corrected chi connectivity index (χ4v) is 1.19. The van der Waals surface area contributed by atoms with Crippen molar-refractivity contribution in [2.45, 2.75) is 25.7 Å². The van der Waals surface area contributed by atoms with Crippen molar-refractivity contribution in [3.05, 3.63) is 24.0 Å². The minimum absolute atomic E-state index is 0.240. The van der Waals surface area contributed by atoms with Crippen LogP contribution in [0.2, 0.25) is 0 Å². The third-order valence-electron chi connectivity index (χ3n) is 1.95. The van der Waals surface area contributed by atoms with Gasteiger partial charge in [0.2, 0.25) is 5.91 Å². The highest BCUT2D eigenvalue weighted by Gasteiger charge is 1.97. The fraction of sp³-hybridized carbons (Fsp3) is 0.400. The Kier molecular flexibility index (Phi) is 3.91. The van der Waals surface area contributed by atoms with E-state index in [1.807, 2.05) is 12.1 Å². The van der Waals surface area contributed by atoms with E-state index in [9.17, 15) is 4.79 Å². The number of aryl methyl sites for hydroxylation is 1. The lowest BCUT2D eigenvalue weighted by molar-refractivity contribution is -0.118. The molecule has 1 amide bonds. The molecule has 0 unspecified atom stereocenters. The van der Waals surface area contributed by atoms with Gasteiger partial charge in [-0.3, -0.25) is 9.78 Å². The summed E-state index contributed by atoms with van der Waals surface area (Å²) in [7, 11) is 0. The van der Waals surface area contributed by atoms with Crippen molar-refractivity contribution in [3.63, 3.8) is 0 Å². The average Bonchev–Trinajstić information content (AvgIpc) is 2.15. The van der Waals surface area contributed by atoms with E-state index in [2.05, 4.69) is 4.98 Å². The number of hydrogen-bond acceptors (Lipinski definition) is 3. The number of nitrogens with zero attached hydrogens (tertiary/aromatic N) is 1. The Hall–Kier alpha value is -1.58. The van der Waals surface area contributed by atoms with Gasteiger partial charge in [-0.25, -0.2) is 0 Å². The molecular weight excluding hydrogens is 178 g/mol. The molecule has 1 aromatic rings. The van der Waals surface area contributed by atoms with Crippen molar-refractivity contribution in [2.75, 3.05) is 5.73 Å². The molecule has 0 aliphatic carbocycles. The van der Waals surface area contributed by atoms with Gasteiger partial charge in [-0.15, -0.1) is 0 Å². The lowest BCUT2D eigenvalue weighted by Crippen LogP contribution is -2.09. The molecule has 4 heteroatoms. The van der Waals surface area contributed by atoms with E-state index in [1.165, 1.54) is 0 Å². The zero-order chi connectivity index (χ0) is 10.4. The van der Waals surface area contributed by atoms with Gasteiger partial charge in [0.25, 0.3) is 0 Å². The van der Waals surface area contributed by atoms with Gasteiger partial charge in [0.05, 0.1) is 11.9 Å². The van der Waals surface area contributed by atoms with Crippen LogP contribution in [-0.2, 0) is 11.2 Å². The van der Waals surface area contributed by atoms with Crippen molar-refractivity contribution in [2.24, 2.45) is 5.73 Å².